The van der Waals surface area contributed by atoms with E-state index in [0.29, 0.717) is 18.1 Å². The van der Waals surface area contributed by atoms with Crippen LogP contribution in [0.1, 0.15) is 32.6 Å². The summed E-state index contributed by atoms with van der Waals surface area (Å²) in [7, 11) is 0. The first-order chi connectivity index (χ1) is 14.6. The number of nitrogens with zero attached hydrogens (tertiary/aromatic N) is 3. The van der Waals surface area contributed by atoms with Crippen LogP contribution in [0.3, 0.4) is 0 Å². The van der Waals surface area contributed by atoms with Crippen LogP contribution in [-0.4, -0.2) is 38.8 Å². The number of anilines is 1. The van der Waals surface area contributed by atoms with Gasteiger partial charge >= 0.3 is 5.97 Å². The van der Waals surface area contributed by atoms with Crippen molar-refractivity contribution in [1.82, 2.24) is 9.55 Å². The van der Waals surface area contributed by atoms with Crippen LogP contribution in [0.25, 0.3) is 11.0 Å². The van der Waals surface area contributed by atoms with Gasteiger partial charge in [-0.3, -0.25) is 9.59 Å². The van der Waals surface area contributed by atoms with Gasteiger partial charge in [-0.15, -0.1) is 0 Å². The zero-order valence-electron chi connectivity index (χ0n) is 17.2. The minimum absolute atomic E-state index is 0.117. The van der Waals surface area contributed by atoms with Crippen LogP contribution in [0.5, 0.6) is 0 Å². The molecule has 0 aliphatic heterocycles. The number of rotatable bonds is 11. The standard InChI is InChI=1S/C23H27N3O3S/c1-2-3-14-21(27)25(18-10-5-4-6-11-18)15-9-16-30-23-24-19-12-7-8-13-20(19)26(23)17-22(28)29/h4-8,10-13H,2-3,9,14-17H2,1H3,(H,28,29). The molecule has 0 fully saturated rings. The fraction of sp³-hybridized carbons (Fsp3) is 0.348. The smallest absolute Gasteiger partial charge is 0.323 e. The molecule has 0 aliphatic carbocycles. The highest BCUT2D eigenvalue weighted by Crippen LogP contribution is 2.25. The number of aliphatic carboxylic acids is 1. The van der Waals surface area contributed by atoms with Gasteiger partial charge in [0.2, 0.25) is 5.91 Å². The summed E-state index contributed by atoms with van der Waals surface area (Å²) in [6, 6.07) is 17.3. The molecule has 0 saturated carbocycles. The number of hydrogen-bond acceptors (Lipinski definition) is 4. The first kappa shape index (κ1) is 21.9. The maximum atomic E-state index is 12.7. The number of para-hydroxylation sites is 3. The normalized spacial score (nSPS) is 11.0. The minimum atomic E-state index is -0.892. The highest BCUT2D eigenvalue weighted by molar-refractivity contribution is 7.99. The molecule has 1 heterocycles. The molecule has 6 nitrogen and oxygen atoms in total. The van der Waals surface area contributed by atoms with Gasteiger partial charge in [-0.25, -0.2) is 4.98 Å². The number of carboxylic acid groups (broad SMARTS) is 1. The fourth-order valence-electron chi connectivity index (χ4n) is 3.31. The van der Waals surface area contributed by atoms with Gasteiger partial charge in [-0.1, -0.05) is 55.4 Å². The van der Waals surface area contributed by atoms with Crippen molar-refractivity contribution in [3.63, 3.8) is 0 Å². The number of benzene rings is 2. The maximum absolute atomic E-state index is 12.7. The monoisotopic (exact) mass is 425 g/mol. The summed E-state index contributed by atoms with van der Waals surface area (Å²) < 4.78 is 1.74. The Bertz CT molecular complexity index is 988. The second-order valence-electron chi connectivity index (χ2n) is 7.05. The van der Waals surface area contributed by atoms with E-state index in [-0.39, 0.29) is 12.5 Å². The molecule has 0 spiro atoms. The Morgan fingerprint density at radius 1 is 1.07 bits per heavy atom. The zero-order valence-corrected chi connectivity index (χ0v) is 18.0. The molecule has 158 valence electrons. The number of aromatic nitrogens is 2. The first-order valence-corrected chi connectivity index (χ1v) is 11.2. The molecule has 3 aromatic rings. The number of fused-ring (bicyclic) bond motifs is 1. The predicted octanol–water partition coefficient (Wildman–Crippen LogP) is 4.83. The maximum Gasteiger partial charge on any atom is 0.323 e. The lowest BCUT2D eigenvalue weighted by Crippen LogP contribution is -2.32. The number of imidazole rings is 1. The fourth-order valence-corrected chi connectivity index (χ4v) is 4.24. The van der Waals surface area contributed by atoms with E-state index in [1.54, 1.807) is 4.57 Å². The predicted molar refractivity (Wildman–Crippen MR) is 121 cm³/mol. The van der Waals surface area contributed by atoms with Gasteiger partial charge in [0.15, 0.2) is 5.16 Å². The van der Waals surface area contributed by atoms with Crippen molar-refractivity contribution in [2.75, 3.05) is 17.2 Å². The van der Waals surface area contributed by atoms with E-state index in [9.17, 15) is 14.7 Å². The molecule has 0 saturated heterocycles. The molecular formula is C23H27N3O3S. The molecule has 1 aromatic heterocycles. The summed E-state index contributed by atoms with van der Waals surface area (Å²) in [5.41, 5.74) is 2.53. The Balaban J connectivity index is 1.66. The second kappa shape index (κ2) is 10.8. The van der Waals surface area contributed by atoms with Gasteiger partial charge in [0.25, 0.3) is 0 Å². The largest absolute Gasteiger partial charge is 0.480 e. The van der Waals surface area contributed by atoms with Crippen LogP contribution in [-0.2, 0) is 16.1 Å². The minimum Gasteiger partial charge on any atom is -0.480 e. The second-order valence-corrected chi connectivity index (χ2v) is 8.11. The van der Waals surface area contributed by atoms with Gasteiger partial charge < -0.3 is 14.6 Å². The third kappa shape index (κ3) is 5.63. The van der Waals surface area contributed by atoms with Gasteiger partial charge in [0.1, 0.15) is 6.54 Å². The summed E-state index contributed by atoms with van der Waals surface area (Å²) in [6.45, 7) is 2.59. The van der Waals surface area contributed by atoms with E-state index in [1.165, 1.54) is 11.8 Å². The molecule has 0 atom stereocenters. The van der Waals surface area contributed by atoms with E-state index in [1.807, 2.05) is 59.5 Å². The zero-order chi connectivity index (χ0) is 21.3. The lowest BCUT2D eigenvalue weighted by Gasteiger charge is -2.23. The van der Waals surface area contributed by atoms with Crippen molar-refractivity contribution in [3.8, 4) is 0 Å². The molecule has 30 heavy (non-hydrogen) atoms. The SMILES string of the molecule is CCCCC(=O)N(CCCSc1nc2ccccc2n1CC(=O)O)c1ccccc1. The number of thioether (sulfide) groups is 1. The summed E-state index contributed by atoms with van der Waals surface area (Å²) in [5.74, 6) is -0.00389. The number of hydrogen-bond donors (Lipinski definition) is 1. The number of carbonyl (C=O) groups is 2. The lowest BCUT2D eigenvalue weighted by atomic mass is 10.2. The van der Waals surface area contributed by atoms with Crippen molar-refractivity contribution < 1.29 is 14.7 Å². The molecule has 0 aliphatic rings. The van der Waals surface area contributed by atoms with Gasteiger partial charge in [0, 0.05) is 24.4 Å². The van der Waals surface area contributed by atoms with Crippen molar-refractivity contribution in [1.29, 1.82) is 0 Å². The Kier molecular flexibility index (Phi) is 7.90. The number of carboxylic acids is 1. The van der Waals surface area contributed by atoms with Crippen LogP contribution in [0.2, 0.25) is 0 Å². The van der Waals surface area contributed by atoms with Crippen LogP contribution in [0, 0.1) is 0 Å². The molecule has 1 amide bonds. The van der Waals surface area contributed by atoms with E-state index >= 15 is 0 Å². The first-order valence-electron chi connectivity index (χ1n) is 10.3. The van der Waals surface area contributed by atoms with Gasteiger partial charge in [-0.2, -0.15) is 0 Å². The summed E-state index contributed by atoms with van der Waals surface area (Å²) in [4.78, 5) is 30.5. The van der Waals surface area contributed by atoms with Gasteiger partial charge in [0.05, 0.1) is 11.0 Å². The average Bonchev–Trinajstić information content (AvgIpc) is 3.09. The molecule has 3 rings (SSSR count). The number of unbranched alkanes of at least 4 members (excludes halogenated alkanes) is 1. The molecule has 2 aromatic carbocycles. The van der Waals surface area contributed by atoms with Crippen LogP contribution in [0.4, 0.5) is 5.69 Å². The van der Waals surface area contributed by atoms with E-state index in [2.05, 4.69) is 11.9 Å². The third-order valence-corrected chi connectivity index (χ3v) is 5.85. The Morgan fingerprint density at radius 2 is 1.80 bits per heavy atom. The van der Waals surface area contributed by atoms with Gasteiger partial charge in [-0.05, 0) is 37.1 Å². The van der Waals surface area contributed by atoms with E-state index < -0.39 is 5.97 Å². The number of amides is 1. The van der Waals surface area contributed by atoms with Crippen molar-refractivity contribution >= 4 is 40.4 Å². The quantitative estimate of drug-likeness (QED) is 0.352. The molecule has 7 heteroatoms. The molecule has 0 unspecified atom stereocenters. The average molecular weight is 426 g/mol. The Labute approximate surface area is 180 Å². The Hall–Kier alpha value is -2.80. The topological polar surface area (TPSA) is 75.4 Å². The van der Waals surface area contributed by atoms with Crippen molar-refractivity contribution in [2.24, 2.45) is 0 Å². The third-order valence-electron chi connectivity index (χ3n) is 4.78. The van der Waals surface area contributed by atoms with Crippen molar-refractivity contribution in [3.05, 3.63) is 54.6 Å². The summed E-state index contributed by atoms with van der Waals surface area (Å²) in [6.07, 6.45) is 3.21. The van der Waals surface area contributed by atoms with E-state index in [0.717, 1.165) is 41.7 Å². The molecule has 1 N–H and O–H groups in total. The summed E-state index contributed by atoms with van der Waals surface area (Å²) >= 11 is 1.53. The van der Waals surface area contributed by atoms with Crippen LogP contribution < -0.4 is 4.90 Å². The molecular weight excluding hydrogens is 398 g/mol. The molecule has 0 bridgehead atoms. The van der Waals surface area contributed by atoms with Crippen molar-refractivity contribution in [2.45, 2.75) is 44.3 Å². The van der Waals surface area contributed by atoms with Crippen LogP contribution in [0.15, 0.2) is 59.8 Å². The van der Waals surface area contributed by atoms with E-state index in [4.69, 9.17) is 0 Å². The van der Waals surface area contributed by atoms with Crippen LogP contribution >= 0.6 is 11.8 Å². The Morgan fingerprint density at radius 3 is 2.53 bits per heavy atom. The molecule has 0 radical (unpaired) electrons. The number of carbonyl (C=O) groups excluding carboxylic acids is 1. The summed E-state index contributed by atoms with van der Waals surface area (Å²) in [5, 5.41) is 9.97. The highest BCUT2D eigenvalue weighted by Gasteiger charge is 2.16. The lowest BCUT2D eigenvalue weighted by molar-refractivity contribution is -0.137. The highest BCUT2D eigenvalue weighted by atomic mass is 32.2.